The lowest BCUT2D eigenvalue weighted by Crippen LogP contribution is -2.43. The van der Waals surface area contributed by atoms with Gasteiger partial charge in [-0.05, 0) is 54.8 Å². The molecule has 3 aromatic carbocycles. The molecule has 1 amide bonds. The minimum atomic E-state index is -0.116. The van der Waals surface area contributed by atoms with E-state index in [1.807, 2.05) is 79.4 Å². The van der Waals surface area contributed by atoms with Crippen molar-refractivity contribution >= 4 is 11.6 Å². The molecule has 2 aliphatic rings. The second kappa shape index (κ2) is 13.9. The smallest absolute Gasteiger partial charge is 0.255 e. The quantitative estimate of drug-likeness (QED) is 0.339. The van der Waals surface area contributed by atoms with Crippen molar-refractivity contribution in [1.82, 2.24) is 10.2 Å². The maximum absolute atomic E-state index is 13.8. The average molecular weight is 532 g/mol. The molecule has 0 aromatic heterocycles. The highest BCUT2D eigenvalue weighted by Gasteiger charge is 2.36. The molecule has 0 saturated carbocycles. The van der Waals surface area contributed by atoms with Crippen LogP contribution in [0.15, 0.2) is 66.7 Å². The van der Waals surface area contributed by atoms with Crippen LogP contribution in [0, 0.1) is 0 Å². The van der Waals surface area contributed by atoms with Crippen molar-refractivity contribution < 1.29 is 19.0 Å². The molecule has 2 aliphatic heterocycles. The van der Waals surface area contributed by atoms with Gasteiger partial charge >= 0.3 is 0 Å². The molecule has 1 unspecified atom stereocenters. The van der Waals surface area contributed by atoms with Gasteiger partial charge in [-0.25, -0.2) is 0 Å². The number of carbonyl (C=O) groups excluding carboxylic acids is 1. The number of hydrogen-bond donors (Lipinski definition) is 1. The van der Waals surface area contributed by atoms with E-state index in [-0.39, 0.29) is 11.9 Å². The normalized spacial score (nSPS) is 15.2. The van der Waals surface area contributed by atoms with Crippen molar-refractivity contribution in [1.29, 1.82) is 0 Å². The second-order valence-corrected chi connectivity index (χ2v) is 9.41. The predicted octanol–water partition coefficient (Wildman–Crippen LogP) is 5.70. The predicted molar refractivity (Wildman–Crippen MR) is 156 cm³/mol. The van der Waals surface area contributed by atoms with Gasteiger partial charge in [-0.2, -0.15) is 0 Å². The first kappa shape index (κ1) is 28.3. The lowest BCUT2D eigenvalue weighted by molar-refractivity contribution is 0.0684. The molecule has 7 heteroatoms. The fourth-order valence-electron chi connectivity index (χ4n) is 5.34. The van der Waals surface area contributed by atoms with E-state index in [1.165, 1.54) is 5.69 Å². The minimum absolute atomic E-state index is 0.0794. The first-order valence-electron chi connectivity index (χ1n) is 14.0. The summed E-state index contributed by atoms with van der Waals surface area (Å²) in [5.74, 6) is 2.27. The molecule has 1 saturated heterocycles. The number of hydrogen-bond acceptors (Lipinski definition) is 6. The number of carbonyl (C=O) groups is 1. The number of nitrogens with zero attached hydrogens (tertiary/aromatic N) is 2. The van der Waals surface area contributed by atoms with E-state index in [4.69, 9.17) is 14.2 Å². The number of amides is 1. The number of para-hydroxylation sites is 1. The number of fused-ring (bicyclic) bond motifs is 1. The van der Waals surface area contributed by atoms with Crippen molar-refractivity contribution in [3.8, 4) is 17.2 Å². The van der Waals surface area contributed by atoms with Gasteiger partial charge in [0, 0.05) is 49.5 Å². The third-order valence-corrected chi connectivity index (χ3v) is 7.23. The summed E-state index contributed by atoms with van der Waals surface area (Å²) in [6, 6.07) is 21.8. The van der Waals surface area contributed by atoms with E-state index in [0.29, 0.717) is 24.7 Å². The van der Waals surface area contributed by atoms with Crippen LogP contribution in [0.3, 0.4) is 0 Å². The summed E-state index contributed by atoms with van der Waals surface area (Å²) in [5.41, 5.74) is 4.14. The third-order valence-electron chi connectivity index (χ3n) is 7.23. The molecule has 0 aliphatic carbocycles. The average Bonchev–Trinajstić information content (AvgIpc) is 3.34. The number of rotatable bonds is 10. The molecule has 0 radical (unpaired) electrons. The highest BCUT2D eigenvalue weighted by molar-refractivity contribution is 6.00. The Morgan fingerprint density at radius 2 is 1.64 bits per heavy atom. The Hall–Kier alpha value is -3.71. The Kier molecular flexibility index (Phi) is 10.1. The maximum Gasteiger partial charge on any atom is 0.255 e. The van der Waals surface area contributed by atoms with Crippen molar-refractivity contribution in [3.05, 3.63) is 83.4 Å². The van der Waals surface area contributed by atoms with E-state index < -0.39 is 0 Å². The number of ether oxygens (including phenoxy) is 3. The standard InChI is InChI=1S/C30H35N3O4.C2H6/c1-35-28-14-13-22(20-29(28)36-2)26(12-7-19-37-23-8-4-3-5-9-23)33-21-25-24(30(33)34)10-6-11-27(25)32-17-15-31-16-18-32;1-2/h3-6,8-11,13-14,20,26,31H,7,12,15-19,21H2,1-2H3;1-2H3. The summed E-state index contributed by atoms with van der Waals surface area (Å²) in [4.78, 5) is 18.2. The van der Waals surface area contributed by atoms with Gasteiger partial charge in [0.15, 0.2) is 11.5 Å². The van der Waals surface area contributed by atoms with Crippen molar-refractivity contribution in [2.45, 2.75) is 39.3 Å². The Morgan fingerprint density at radius 1 is 0.897 bits per heavy atom. The summed E-state index contributed by atoms with van der Waals surface area (Å²) < 4.78 is 17.0. The molecular formula is C32H41N3O4. The topological polar surface area (TPSA) is 63.3 Å². The molecule has 1 atom stereocenters. The Morgan fingerprint density at radius 3 is 2.36 bits per heavy atom. The maximum atomic E-state index is 13.8. The van der Waals surface area contributed by atoms with E-state index in [1.54, 1.807) is 14.2 Å². The molecule has 1 fully saturated rings. The summed E-state index contributed by atoms with van der Waals surface area (Å²) in [6.45, 7) is 8.97. The van der Waals surface area contributed by atoms with Gasteiger partial charge in [0.1, 0.15) is 5.75 Å². The number of anilines is 1. The van der Waals surface area contributed by atoms with Gasteiger partial charge in [-0.3, -0.25) is 4.79 Å². The molecule has 2 heterocycles. The van der Waals surface area contributed by atoms with Crippen LogP contribution in [0.5, 0.6) is 17.2 Å². The molecule has 3 aromatic rings. The van der Waals surface area contributed by atoms with Crippen LogP contribution in [-0.2, 0) is 6.54 Å². The SMILES string of the molecule is CC.COc1ccc(C(CCCOc2ccccc2)N2Cc3c(cccc3N3CCNCC3)C2=O)cc1OC. The van der Waals surface area contributed by atoms with Gasteiger partial charge in [0.2, 0.25) is 0 Å². The van der Waals surface area contributed by atoms with E-state index in [2.05, 4.69) is 16.3 Å². The Labute approximate surface area is 232 Å². The van der Waals surface area contributed by atoms with Crippen LogP contribution in [0.4, 0.5) is 5.69 Å². The number of benzene rings is 3. The molecule has 7 nitrogen and oxygen atoms in total. The number of piperazine rings is 1. The van der Waals surface area contributed by atoms with Gasteiger partial charge < -0.3 is 29.3 Å². The molecule has 208 valence electrons. The van der Waals surface area contributed by atoms with Gasteiger partial charge in [-0.15, -0.1) is 0 Å². The first-order chi connectivity index (χ1) is 19.2. The van der Waals surface area contributed by atoms with Crippen LogP contribution in [-0.4, -0.2) is 57.8 Å². The summed E-state index contributed by atoms with van der Waals surface area (Å²) in [7, 11) is 3.27. The number of methoxy groups -OCH3 is 2. The highest BCUT2D eigenvalue weighted by atomic mass is 16.5. The molecule has 0 bridgehead atoms. The fraction of sp³-hybridized carbons (Fsp3) is 0.406. The van der Waals surface area contributed by atoms with E-state index in [0.717, 1.165) is 61.5 Å². The zero-order chi connectivity index (χ0) is 27.6. The zero-order valence-corrected chi connectivity index (χ0v) is 23.6. The number of nitrogens with one attached hydrogen (secondary N) is 1. The van der Waals surface area contributed by atoms with Crippen LogP contribution in [0.25, 0.3) is 0 Å². The van der Waals surface area contributed by atoms with Gasteiger partial charge in [0.05, 0.1) is 26.9 Å². The largest absolute Gasteiger partial charge is 0.494 e. The van der Waals surface area contributed by atoms with Crippen molar-refractivity contribution in [3.63, 3.8) is 0 Å². The third kappa shape index (κ3) is 6.48. The van der Waals surface area contributed by atoms with Crippen molar-refractivity contribution in [2.75, 3.05) is 51.9 Å². The molecule has 39 heavy (non-hydrogen) atoms. The van der Waals surface area contributed by atoms with Gasteiger partial charge in [0.25, 0.3) is 5.91 Å². The first-order valence-corrected chi connectivity index (χ1v) is 14.0. The summed E-state index contributed by atoms with van der Waals surface area (Å²) >= 11 is 0. The highest BCUT2D eigenvalue weighted by Crippen LogP contribution is 2.40. The van der Waals surface area contributed by atoms with Crippen molar-refractivity contribution in [2.24, 2.45) is 0 Å². The second-order valence-electron chi connectivity index (χ2n) is 9.41. The summed E-state index contributed by atoms with van der Waals surface area (Å²) in [5, 5.41) is 3.42. The van der Waals surface area contributed by atoms with Crippen LogP contribution < -0.4 is 24.4 Å². The molecular weight excluding hydrogens is 490 g/mol. The van der Waals surface area contributed by atoms with E-state index in [9.17, 15) is 4.79 Å². The monoisotopic (exact) mass is 531 g/mol. The zero-order valence-electron chi connectivity index (χ0n) is 23.6. The Bertz CT molecular complexity index is 1210. The van der Waals surface area contributed by atoms with Crippen LogP contribution >= 0.6 is 0 Å². The minimum Gasteiger partial charge on any atom is -0.494 e. The van der Waals surface area contributed by atoms with E-state index >= 15 is 0 Å². The van der Waals surface area contributed by atoms with Crippen LogP contribution in [0.1, 0.15) is 54.2 Å². The molecule has 5 rings (SSSR count). The molecule has 1 N–H and O–H groups in total. The molecule has 0 spiro atoms. The summed E-state index contributed by atoms with van der Waals surface area (Å²) in [6.07, 6.45) is 1.57. The Balaban J connectivity index is 0.00000172. The van der Waals surface area contributed by atoms with Gasteiger partial charge in [-0.1, -0.05) is 44.2 Å². The van der Waals surface area contributed by atoms with Crippen LogP contribution in [0.2, 0.25) is 0 Å². The lowest BCUT2D eigenvalue weighted by Gasteiger charge is -2.32. The lowest BCUT2D eigenvalue weighted by atomic mass is 9.99. The fourth-order valence-corrected chi connectivity index (χ4v) is 5.34.